The van der Waals surface area contributed by atoms with Crippen molar-refractivity contribution in [3.8, 4) is 0 Å². The lowest BCUT2D eigenvalue weighted by Gasteiger charge is -2.46. The van der Waals surface area contributed by atoms with Crippen LogP contribution in [-0.2, 0) is 9.53 Å². The van der Waals surface area contributed by atoms with Gasteiger partial charge in [-0.15, -0.1) is 13.2 Å². The van der Waals surface area contributed by atoms with Gasteiger partial charge in [-0.3, -0.25) is 4.79 Å². The standard InChI is InChI=1S/C12H18O2/c1-4-7-12(8-5-2)10(13)9-11(12)14-6-3/h4-5,11H,1-2,6-9H2,3H3/t11-/m0/s1. The largest absolute Gasteiger partial charge is 0.377 e. The fourth-order valence-electron chi connectivity index (χ4n) is 2.12. The second kappa shape index (κ2) is 4.56. The summed E-state index contributed by atoms with van der Waals surface area (Å²) in [5, 5.41) is 0. The quantitative estimate of drug-likeness (QED) is 0.607. The van der Waals surface area contributed by atoms with Crippen LogP contribution in [0, 0.1) is 5.41 Å². The molecule has 0 aromatic heterocycles. The van der Waals surface area contributed by atoms with Gasteiger partial charge in [0.15, 0.2) is 0 Å². The van der Waals surface area contributed by atoms with Gasteiger partial charge in [0.2, 0.25) is 0 Å². The van der Waals surface area contributed by atoms with Crippen LogP contribution in [0.4, 0.5) is 0 Å². The molecule has 0 radical (unpaired) electrons. The Kier molecular flexibility index (Phi) is 3.64. The smallest absolute Gasteiger partial charge is 0.144 e. The topological polar surface area (TPSA) is 26.3 Å². The van der Waals surface area contributed by atoms with Crippen LogP contribution < -0.4 is 0 Å². The Balaban J connectivity index is 2.75. The molecule has 0 spiro atoms. The molecule has 1 rings (SSSR count). The minimum atomic E-state index is -0.348. The highest BCUT2D eigenvalue weighted by molar-refractivity contribution is 5.92. The maximum absolute atomic E-state index is 11.6. The van der Waals surface area contributed by atoms with E-state index in [0.29, 0.717) is 25.9 Å². The van der Waals surface area contributed by atoms with Gasteiger partial charge in [0, 0.05) is 13.0 Å². The van der Waals surface area contributed by atoms with Crippen LogP contribution in [0.2, 0.25) is 0 Å². The molecule has 78 valence electrons. The van der Waals surface area contributed by atoms with Crippen molar-refractivity contribution >= 4 is 5.78 Å². The lowest BCUT2D eigenvalue weighted by molar-refractivity contribution is -0.162. The number of hydrogen-bond donors (Lipinski definition) is 0. The second-order valence-corrected chi connectivity index (χ2v) is 3.71. The molecule has 0 saturated heterocycles. The monoisotopic (exact) mass is 194 g/mol. The van der Waals surface area contributed by atoms with Crippen molar-refractivity contribution in [1.82, 2.24) is 0 Å². The first-order valence-electron chi connectivity index (χ1n) is 5.08. The summed E-state index contributed by atoms with van der Waals surface area (Å²) < 4.78 is 5.55. The molecule has 0 aliphatic heterocycles. The number of carbonyl (C=O) groups excluding carboxylic acids is 1. The minimum Gasteiger partial charge on any atom is -0.377 e. The van der Waals surface area contributed by atoms with E-state index in [0.717, 1.165) is 0 Å². The molecular formula is C12H18O2. The molecule has 0 aromatic rings. The summed E-state index contributed by atoms with van der Waals surface area (Å²) in [6.07, 6.45) is 5.61. The van der Waals surface area contributed by atoms with E-state index in [1.54, 1.807) is 12.2 Å². The molecule has 0 amide bonds. The highest BCUT2D eigenvalue weighted by Gasteiger charge is 2.53. The molecule has 1 aliphatic carbocycles. The number of allylic oxidation sites excluding steroid dienone is 2. The predicted molar refractivity (Wildman–Crippen MR) is 57.1 cm³/mol. The van der Waals surface area contributed by atoms with Gasteiger partial charge in [-0.25, -0.2) is 0 Å². The van der Waals surface area contributed by atoms with Gasteiger partial charge in [0.1, 0.15) is 5.78 Å². The minimum absolute atomic E-state index is 0.0657. The fourth-order valence-corrected chi connectivity index (χ4v) is 2.12. The summed E-state index contributed by atoms with van der Waals surface area (Å²) >= 11 is 0. The normalized spacial score (nSPS) is 24.1. The zero-order chi connectivity index (χ0) is 10.6. The van der Waals surface area contributed by atoms with Crippen LogP contribution in [0.1, 0.15) is 26.2 Å². The van der Waals surface area contributed by atoms with Gasteiger partial charge >= 0.3 is 0 Å². The zero-order valence-corrected chi connectivity index (χ0v) is 8.79. The van der Waals surface area contributed by atoms with Crippen molar-refractivity contribution in [3.63, 3.8) is 0 Å². The third-order valence-corrected chi connectivity index (χ3v) is 2.93. The molecule has 0 bridgehead atoms. The first-order chi connectivity index (χ1) is 6.71. The molecule has 0 aromatic carbocycles. The molecule has 1 aliphatic rings. The van der Waals surface area contributed by atoms with Crippen molar-refractivity contribution < 1.29 is 9.53 Å². The van der Waals surface area contributed by atoms with Gasteiger partial charge in [0.05, 0.1) is 11.5 Å². The maximum atomic E-state index is 11.6. The lowest BCUT2D eigenvalue weighted by Crippen LogP contribution is -2.54. The number of ether oxygens (including phenoxy) is 1. The number of carbonyl (C=O) groups is 1. The molecule has 1 saturated carbocycles. The Morgan fingerprint density at radius 3 is 2.43 bits per heavy atom. The SMILES string of the molecule is C=CCC1(CC=C)C(=O)C[C@@H]1OCC. The third kappa shape index (κ3) is 1.67. The molecule has 14 heavy (non-hydrogen) atoms. The van der Waals surface area contributed by atoms with Crippen molar-refractivity contribution in [2.45, 2.75) is 32.3 Å². The van der Waals surface area contributed by atoms with Crippen LogP contribution in [0.15, 0.2) is 25.3 Å². The van der Waals surface area contributed by atoms with E-state index in [1.165, 1.54) is 0 Å². The summed E-state index contributed by atoms with van der Waals surface area (Å²) in [6.45, 7) is 10.0. The molecule has 1 atom stereocenters. The van der Waals surface area contributed by atoms with Gasteiger partial charge in [-0.1, -0.05) is 12.2 Å². The molecule has 2 nitrogen and oxygen atoms in total. The first-order valence-corrected chi connectivity index (χ1v) is 5.08. The number of ketones is 1. The van der Waals surface area contributed by atoms with Gasteiger partial charge < -0.3 is 4.74 Å². The van der Waals surface area contributed by atoms with E-state index in [1.807, 2.05) is 6.92 Å². The van der Waals surface area contributed by atoms with Gasteiger partial charge in [-0.2, -0.15) is 0 Å². The van der Waals surface area contributed by atoms with E-state index in [4.69, 9.17) is 4.74 Å². The summed E-state index contributed by atoms with van der Waals surface area (Å²) in [5.41, 5.74) is -0.348. The predicted octanol–water partition coefficient (Wildman–Crippen LogP) is 2.50. The van der Waals surface area contributed by atoms with E-state index < -0.39 is 0 Å². The number of rotatable bonds is 6. The molecule has 0 N–H and O–H groups in total. The Bertz CT molecular complexity index is 233. The van der Waals surface area contributed by atoms with E-state index in [2.05, 4.69) is 13.2 Å². The second-order valence-electron chi connectivity index (χ2n) is 3.71. The van der Waals surface area contributed by atoms with Crippen molar-refractivity contribution in [1.29, 1.82) is 0 Å². The molecule has 1 fully saturated rings. The first kappa shape index (κ1) is 11.2. The van der Waals surface area contributed by atoms with Crippen molar-refractivity contribution in [2.75, 3.05) is 6.61 Å². The average molecular weight is 194 g/mol. The highest BCUT2D eigenvalue weighted by atomic mass is 16.5. The fraction of sp³-hybridized carbons (Fsp3) is 0.583. The molecule has 0 unspecified atom stereocenters. The summed E-state index contributed by atoms with van der Waals surface area (Å²) in [7, 11) is 0. The Hall–Kier alpha value is -0.890. The Morgan fingerprint density at radius 2 is 2.07 bits per heavy atom. The molecule has 0 heterocycles. The number of Topliss-reactive ketones (excluding diaryl/α,β-unsaturated/α-hetero) is 1. The van der Waals surface area contributed by atoms with E-state index in [9.17, 15) is 4.79 Å². The third-order valence-electron chi connectivity index (χ3n) is 2.93. The Morgan fingerprint density at radius 1 is 1.50 bits per heavy atom. The molecular weight excluding hydrogens is 176 g/mol. The number of hydrogen-bond acceptors (Lipinski definition) is 2. The average Bonchev–Trinajstić information content (AvgIpc) is 2.17. The van der Waals surface area contributed by atoms with Crippen LogP contribution in [-0.4, -0.2) is 18.5 Å². The Labute approximate surface area is 85.6 Å². The van der Waals surface area contributed by atoms with Gasteiger partial charge in [0.25, 0.3) is 0 Å². The van der Waals surface area contributed by atoms with Crippen molar-refractivity contribution in [2.24, 2.45) is 5.41 Å². The highest BCUT2D eigenvalue weighted by Crippen LogP contribution is 2.46. The summed E-state index contributed by atoms with van der Waals surface area (Å²) in [5.74, 6) is 0.288. The summed E-state index contributed by atoms with van der Waals surface area (Å²) in [4.78, 5) is 11.6. The lowest BCUT2D eigenvalue weighted by atomic mass is 9.61. The maximum Gasteiger partial charge on any atom is 0.144 e. The van der Waals surface area contributed by atoms with Gasteiger partial charge in [-0.05, 0) is 19.8 Å². The van der Waals surface area contributed by atoms with Crippen LogP contribution >= 0.6 is 0 Å². The van der Waals surface area contributed by atoms with E-state index >= 15 is 0 Å². The van der Waals surface area contributed by atoms with E-state index in [-0.39, 0.29) is 17.3 Å². The summed E-state index contributed by atoms with van der Waals surface area (Å²) in [6, 6.07) is 0. The van der Waals surface area contributed by atoms with Crippen LogP contribution in [0.5, 0.6) is 0 Å². The zero-order valence-electron chi connectivity index (χ0n) is 8.79. The van der Waals surface area contributed by atoms with Crippen LogP contribution in [0.25, 0.3) is 0 Å². The van der Waals surface area contributed by atoms with Crippen molar-refractivity contribution in [3.05, 3.63) is 25.3 Å². The van der Waals surface area contributed by atoms with Crippen LogP contribution in [0.3, 0.4) is 0 Å². The molecule has 2 heteroatoms.